The van der Waals surface area contributed by atoms with Crippen LogP contribution in [0.15, 0.2) is 12.1 Å². The molecule has 1 amide bonds. The zero-order chi connectivity index (χ0) is 28.5. The van der Waals surface area contributed by atoms with Gasteiger partial charge in [-0.1, -0.05) is 64.7 Å². The summed E-state index contributed by atoms with van der Waals surface area (Å²) in [5, 5.41) is 13.4. The Morgan fingerprint density at radius 1 is 0.949 bits per heavy atom. The molecule has 1 aromatic rings. The lowest BCUT2D eigenvalue weighted by molar-refractivity contribution is -0.277. The van der Waals surface area contributed by atoms with Crippen molar-refractivity contribution in [3.05, 3.63) is 35.1 Å². The second-order valence-electron chi connectivity index (χ2n) is 11.1. The minimum atomic E-state index is -1.33. The van der Waals surface area contributed by atoms with Crippen molar-refractivity contribution in [3.63, 3.8) is 0 Å². The van der Waals surface area contributed by atoms with Crippen LogP contribution >= 0.6 is 0 Å². The van der Waals surface area contributed by atoms with Crippen LogP contribution in [0.25, 0.3) is 0 Å². The maximum atomic E-state index is 13.9. The van der Waals surface area contributed by atoms with Crippen molar-refractivity contribution in [1.82, 2.24) is 5.32 Å². The molecule has 2 saturated heterocycles. The molecule has 1 aromatic carbocycles. The van der Waals surface area contributed by atoms with E-state index in [0.29, 0.717) is 18.7 Å². The predicted molar refractivity (Wildman–Crippen MR) is 139 cm³/mol. The molecule has 2 fully saturated rings. The van der Waals surface area contributed by atoms with Gasteiger partial charge in [-0.15, -0.1) is 0 Å². The summed E-state index contributed by atoms with van der Waals surface area (Å²) in [7, 11) is 0. The van der Waals surface area contributed by atoms with Crippen LogP contribution in [0.3, 0.4) is 0 Å². The van der Waals surface area contributed by atoms with Crippen molar-refractivity contribution in [2.24, 2.45) is 0 Å². The first-order valence-corrected chi connectivity index (χ1v) is 14.3. The number of ether oxygens (including phenoxy) is 4. The van der Waals surface area contributed by atoms with Crippen molar-refractivity contribution in [3.8, 4) is 0 Å². The lowest BCUT2D eigenvalue weighted by Gasteiger charge is -2.28. The van der Waals surface area contributed by atoms with E-state index in [1.807, 2.05) is 0 Å². The lowest BCUT2D eigenvalue weighted by Crippen LogP contribution is -2.45. The van der Waals surface area contributed by atoms with Crippen molar-refractivity contribution >= 4 is 5.91 Å². The third kappa shape index (κ3) is 9.14. The predicted octanol–water partition coefficient (Wildman–Crippen LogP) is 5.31. The van der Waals surface area contributed by atoms with Crippen molar-refractivity contribution in [2.45, 2.75) is 121 Å². The maximum absolute atomic E-state index is 13.9. The lowest BCUT2D eigenvalue weighted by atomic mass is 10.1. The highest BCUT2D eigenvalue weighted by molar-refractivity contribution is 5.78. The van der Waals surface area contributed by atoms with E-state index in [1.165, 1.54) is 51.4 Å². The number of fused-ring (bicyclic) bond motifs is 1. The Balaban J connectivity index is 1.41. The number of amides is 1. The van der Waals surface area contributed by atoms with Gasteiger partial charge in [0, 0.05) is 24.8 Å². The molecular weight excluding hydrogens is 515 g/mol. The van der Waals surface area contributed by atoms with E-state index in [1.54, 1.807) is 13.8 Å². The van der Waals surface area contributed by atoms with Crippen molar-refractivity contribution in [2.75, 3.05) is 19.8 Å². The Hall–Kier alpha value is -1.72. The van der Waals surface area contributed by atoms with Gasteiger partial charge < -0.3 is 29.4 Å². The second kappa shape index (κ2) is 14.8. The highest BCUT2D eigenvalue weighted by Gasteiger charge is 2.64. The number of carbonyl (C=O) groups is 1. The Bertz CT molecular complexity index is 933. The monoisotopic (exact) mass is 559 g/mol. The van der Waals surface area contributed by atoms with Gasteiger partial charge in [0.2, 0.25) is 11.7 Å². The van der Waals surface area contributed by atoms with Crippen LogP contribution in [0, 0.1) is 17.5 Å². The van der Waals surface area contributed by atoms with Gasteiger partial charge in [-0.25, -0.2) is 13.2 Å². The molecule has 2 N–H and O–H groups in total. The zero-order valence-corrected chi connectivity index (χ0v) is 23.4. The molecule has 10 heteroatoms. The summed E-state index contributed by atoms with van der Waals surface area (Å²) in [6.07, 6.45) is 8.88. The van der Waals surface area contributed by atoms with Gasteiger partial charge in [0.1, 0.15) is 30.7 Å². The quantitative estimate of drug-likeness (QED) is 0.199. The van der Waals surface area contributed by atoms with Crippen molar-refractivity contribution in [1.29, 1.82) is 0 Å². The van der Waals surface area contributed by atoms with E-state index in [0.717, 1.165) is 12.8 Å². The molecule has 0 bridgehead atoms. The molecule has 0 unspecified atom stereocenters. The third-order valence-electron chi connectivity index (χ3n) is 7.19. The van der Waals surface area contributed by atoms with Gasteiger partial charge in [0.15, 0.2) is 17.4 Å². The molecule has 4 atom stereocenters. The van der Waals surface area contributed by atoms with E-state index in [2.05, 4.69) is 12.2 Å². The number of halogens is 3. The average molecular weight is 560 g/mol. The highest BCUT2D eigenvalue weighted by atomic mass is 19.2. The minimum absolute atomic E-state index is 0.0557. The Morgan fingerprint density at radius 2 is 1.56 bits per heavy atom. The molecule has 3 rings (SSSR count). The van der Waals surface area contributed by atoms with E-state index in [9.17, 15) is 23.1 Å². The minimum Gasteiger partial charge on any atom is -0.387 e. The second-order valence-corrected chi connectivity index (χ2v) is 11.1. The summed E-state index contributed by atoms with van der Waals surface area (Å²) in [4.78, 5) is 12.3. The molecule has 2 aliphatic rings. The topological polar surface area (TPSA) is 86.3 Å². The Labute approximate surface area is 229 Å². The molecule has 0 aliphatic carbocycles. The fourth-order valence-corrected chi connectivity index (χ4v) is 5.20. The normalized spacial score (nSPS) is 25.7. The summed E-state index contributed by atoms with van der Waals surface area (Å²) in [6, 6.07) is 1.05. The fourth-order valence-electron chi connectivity index (χ4n) is 5.20. The number of unbranched alkanes of at least 4 members (excludes halogenated alkanes) is 9. The van der Waals surface area contributed by atoms with Gasteiger partial charge in [-0.2, -0.15) is 0 Å². The number of hydrogen-bond acceptors (Lipinski definition) is 6. The van der Waals surface area contributed by atoms with Crippen LogP contribution in [0.5, 0.6) is 0 Å². The SMILES string of the molecule is CCCCCCCCCCCCOC[C@@]12O[C@@H](CNC(=O)Cc3cc(F)c(F)cc3F)[C@@H](O)[C@@H]1OC(C)(C)O2. The summed E-state index contributed by atoms with van der Waals surface area (Å²) >= 11 is 0. The third-order valence-corrected chi connectivity index (χ3v) is 7.19. The average Bonchev–Trinajstić information content (AvgIpc) is 3.28. The van der Waals surface area contributed by atoms with Crippen LogP contribution < -0.4 is 5.32 Å². The molecule has 0 spiro atoms. The molecule has 39 heavy (non-hydrogen) atoms. The maximum Gasteiger partial charge on any atom is 0.224 e. The van der Waals surface area contributed by atoms with Crippen LogP contribution in [0.4, 0.5) is 13.2 Å². The molecule has 2 aliphatic heterocycles. The van der Waals surface area contributed by atoms with E-state index < -0.39 is 59.7 Å². The molecule has 7 nitrogen and oxygen atoms in total. The Kier molecular flexibility index (Phi) is 12.1. The molecule has 0 aromatic heterocycles. The molecule has 0 saturated carbocycles. The Morgan fingerprint density at radius 3 is 2.23 bits per heavy atom. The van der Waals surface area contributed by atoms with E-state index in [4.69, 9.17) is 18.9 Å². The van der Waals surface area contributed by atoms with Crippen LogP contribution in [0.2, 0.25) is 0 Å². The first-order chi connectivity index (χ1) is 18.6. The van der Waals surface area contributed by atoms with Gasteiger partial charge in [0.25, 0.3) is 0 Å². The first kappa shape index (κ1) is 31.8. The number of benzene rings is 1. The van der Waals surface area contributed by atoms with E-state index >= 15 is 0 Å². The van der Waals surface area contributed by atoms with Gasteiger partial charge >= 0.3 is 0 Å². The van der Waals surface area contributed by atoms with Crippen molar-refractivity contribution < 1.29 is 42.0 Å². The van der Waals surface area contributed by atoms with Gasteiger partial charge in [-0.3, -0.25) is 4.79 Å². The number of nitrogens with one attached hydrogen (secondary N) is 1. The number of rotatable bonds is 17. The molecule has 222 valence electrons. The van der Waals surface area contributed by atoms with E-state index in [-0.39, 0.29) is 18.7 Å². The van der Waals surface area contributed by atoms with Gasteiger partial charge in [-0.05, 0) is 26.3 Å². The standard InChI is InChI=1S/C29H44F3NO6/c1-4-5-6-7-8-9-10-11-12-13-14-36-19-29-27(38-28(2,3)39-29)26(35)24(37-29)18-33-25(34)16-20-15-22(31)23(32)17-21(20)30/h15,17,24,26-27,35H,4-14,16,18-19H2,1-3H3,(H,33,34)/t24-,26+,27-,29-/m0/s1. The number of aliphatic hydroxyl groups excluding tert-OH is 1. The summed E-state index contributed by atoms with van der Waals surface area (Å²) < 4.78 is 64.3. The molecule has 2 heterocycles. The molecular formula is C29H44F3NO6. The van der Waals surface area contributed by atoms with Crippen LogP contribution in [-0.2, 0) is 30.2 Å². The highest BCUT2D eigenvalue weighted by Crippen LogP contribution is 2.45. The zero-order valence-electron chi connectivity index (χ0n) is 23.4. The molecule has 0 radical (unpaired) electrons. The van der Waals surface area contributed by atoms with Crippen LogP contribution in [0.1, 0.15) is 90.5 Å². The summed E-state index contributed by atoms with van der Waals surface area (Å²) in [5.41, 5.74) is -0.276. The largest absolute Gasteiger partial charge is 0.387 e. The van der Waals surface area contributed by atoms with Crippen LogP contribution in [-0.4, -0.2) is 60.7 Å². The van der Waals surface area contributed by atoms with Gasteiger partial charge in [0.05, 0.1) is 6.42 Å². The smallest absolute Gasteiger partial charge is 0.224 e. The fraction of sp³-hybridized carbons (Fsp3) is 0.759. The number of aliphatic hydroxyl groups is 1. The first-order valence-electron chi connectivity index (χ1n) is 14.3. The summed E-state index contributed by atoms with van der Waals surface area (Å²) in [6.45, 7) is 6.13. The number of hydrogen-bond donors (Lipinski definition) is 2. The number of carbonyl (C=O) groups excluding carboxylic acids is 1. The summed E-state index contributed by atoms with van der Waals surface area (Å²) in [5.74, 6) is -6.54.